The summed E-state index contributed by atoms with van der Waals surface area (Å²) in [6.45, 7) is 1.59. The van der Waals surface area contributed by atoms with Crippen LogP contribution in [-0.2, 0) is 14.8 Å². The Labute approximate surface area is 151 Å². The highest BCUT2D eigenvalue weighted by atomic mass is 32.2. The minimum Gasteiger partial charge on any atom is -0.467 e. The lowest BCUT2D eigenvalue weighted by molar-refractivity contribution is -0.130. The van der Waals surface area contributed by atoms with Crippen LogP contribution in [0.25, 0.3) is 10.8 Å². The third-order valence-electron chi connectivity index (χ3n) is 4.89. The van der Waals surface area contributed by atoms with Crippen molar-refractivity contribution in [2.45, 2.75) is 17.9 Å². The van der Waals surface area contributed by atoms with E-state index in [0.717, 1.165) is 5.39 Å². The summed E-state index contributed by atoms with van der Waals surface area (Å²) < 4.78 is 32.5. The minimum atomic E-state index is -3.74. The number of benzene rings is 2. The highest BCUT2D eigenvalue weighted by molar-refractivity contribution is 7.93. The molecule has 0 aliphatic carbocycles. The molecule has 0 bridgehead atoms. The van der Waals surface area contributed by atoms with Crippen molar-refractivity contribution in [2.75, 3.05) is 17.9 Å². The smallest absolute Gasteiger partial charge is 0.265 e. The molecule has 0 spiro atoms. The molecule has 0 N–H and O–H groups in total. The number of carbonyl (C=O) groups excluding carboxylic acids is 1. The van der Waals surface area contributed by atoms with E-state index in [9.17, 15) is 13.2 Å². The zero-order valence-electron chi connectivity index (χ0n) is 14.4. The third-order valence-corrected chi connectivity index (χ3v) is 6.69. The van der Waals surface area contributed by atoms with E-state index in [1.807, 2.05) is 19.1 Å². The lowest BCUT2D eigenvalue weighted by Crippen LogP contribution is -2.40. The average Bonchev–Trinajstić information content (AvgIpc) is 3.24. The standard InChI is InChI=1S/C19H18N2O4S/c1-13(16-9-5-11-25-16)20(2)18(22)12-21-15-8-3-6-14-7-4-10-17(19(14)15)26(21,23)24/h3-11,13H,12H2,1-2H3. The molecule has 0 radical (unpaired) electrons. The Morgan fingerprint density at radius 2 is 1.88 bits per heavy atom. The van der Waals surface area contributed by atoms with E-state index in [-0.39, 0.29) is 23.4 Å². The topological polar surface area (TPSA) is 70.8 Å². The molecule has 3 aromatic rings. The molecule has 0 saturated heterocycles. The van der Waals surface area contributed by atoms with Gasteiger partial charge in [-0.25, -0.2) is 8.42 Å². The number of furan rings is 1. The normalized spacial score (nSPS) is 16.0. The summed E-state index contributed by atoms with van der Waals surface area (Å²) >= 11 is 0. The van der Waals surface area contributed by atoms with Crippen LogP contribution in [0.3, 0.4) is 0 Å². The number of hydrogen-bond donors (Lipinski definition) is 0. The van der Waals surface area contributed by atoms with Crippen LogP contribution in [-0.4, -0.2) is 32.8 Å². The second kappa shape index (κ2) is 5.88. The number of hydrogen-bond acceptors (Lipinski definition) is 4. The highest BCUT2D eigenvalue weighted by Crippen LogP contribution is 2.41. The van der Waals surface area contributed by atoms with Crippen LogP contribution in [0.4, 0.5) is 5.69 Å². The van der Waals surface area contributed by atoms with Gasteiger partial charge in [0.25, 0.3) is 10.0 Å². The molecule has 1 aliphatic heterocycles. The summed E-state index contributed by atoms with van der Waals surface area (Å²) in [5, 5.41) is 1.51. The van der Waals surface area contributed by atoms with Crippen molar-refractivity contribution >= 4 is 32.4 Å². The van der Waals surface area contributed by atoms with Gasteiger partial charge in [0.1, 0.15) is 12.3 Å². The highest BCUT2D eigenvalue weighted by Gasteiger charge is 2.37. The van der Waals surface area contributed by atoms with E-state index < -0.39 is 10.0 Å². The van der Waals surface area contributed by atoms with Crippen molar-refractivity contribution in [3.05, 3.63) is 60.6 Å². The molecule has 6 nitrogen and oxygen atoms in total. The van der Waals surface area contributed by atoms with Crippen LogP contribution in [0, 0.1) is 0 Å². The fourth-order valence-electron chi connectivity index (χ4n) is 3.30. The number of nitrogens with zero attached hydrogens (tertiary/aromatic N) is 2. The number of anilines is 1. The van der Waals surface area contributed by atoms with Gasteiger partial charge in [0.05, 0.1) is 22.9 Å². The molecule has 7 heteroatoms. The van der Waals surface area contributed by atoms with Crippen LogP contribution in [0.1, 0.15) is 18.7 Å². The molecule has 26 heavy (non-hydrogen) atoms. The van der Waals surface area contributed by atoms with Gasteiger partial charge in [-0.15, -0.1) is 0 Å². The summed E-state index contributed by atoms with van der Waals surface area (Å²) in [6.07, 6.45) is 1.55. The van der Waals surface area contributed by atoms with Gasteiger partial charge in [0, 0.05) is 12.4 Å². The monoisotopic (exact) mass is 370 g/mol. The molecule has 4 rings (SSSR count). The van der Waals surface area contributed by atoms with E-state index in [1.165, 1.54) is 9.21 Å². The van der Waals surface area contributed by atoms with Crippen LogP contribution < -0.4 is 4.31 Å². The average molecular weight is 370 g/mol. The fraction of sp³-hybridized carbons (Fsp3) is 0.211. The maximum Gasteiger partial charge on any atom is 0.265 e. The molecule has 1 aromatic heterocycles. The van der Waals surface area contributed by atoms with Gasteiger partial charge in [-0.2, -0.15) is 0 Å². The molecular formula is C19H18N2O4S. The molecule has 0 fully saturated rings. The van der Waals surface area contributed by atoms with E-state index in [1.54, 1.807) is 49.7 Å². The Bertz CT molecular complexity index is 1080. The van der Waals surface area contributed by atoms with Crippen molar-refractivity contribution in [2.24, 2.45) is 0 Å². The lowest BCUT2D eigenvalue weighted by Gasteiger charge is -2.26. The Morgan fingerprint density at radius 3 is 2.58 bits per heavy atom. The fourth-order valence-corrected chi connectivity index (χ4v) is 4.96. The van der Waals surface area contributed by atoms with Crippen LogP contribution >= 0.6 is 0 Å². The summed E-state index contributed by atoms with van der Waals surface area (Å²) in [7, 11) is -2.10. The summed E-state index contributed by atoms with van der Waals surface area (Å²) in [6, 6.07) is 13.8. The SMILES string of the molecule is CC(c1ccco1)N(C)C(=O)CN1c2cccc3cccc(c23)S1(=O)=O. The van der Waals surface area contributed by atoms with Gasteiger partial charge < -0.3 is 9.32 Å². The predicted molar refractivity (Wildman–Crippen MR) is 98.4 cm³/mol. The predicted octanol–water partition coefficient (Wildman–Crippen LogP) is 3.16. The quantitative estimate of drug-likeness (QED) is 0.707. The molecule has 2 heterocycles. The van der Waals surface area contributed by atoms with Gasteiger partial charge in [-0.05, 0) is 36.6 Å². The number of sulfonamides is 1. The second-order valence-electron chi connectivity index (χ2n) is 6.34. The third kappa shape index (κ3) is 2.39. The van der Waals surface area contributed by atoms with Crippen LogP contribution in [0.5, 0.6) is 0 Å². The Balaban J connectivity index is 1.67. The maximum atomic E-state index is 13.0. The summed E-state index contributed by atoms with van der Waals surface area (Å²) in [4.78, 5) is 14.5. The molecule has 1 amide bonds. The summed E-state index contributed by atoms with van der Waals surface area (Å²) in [5.74, 6) is 0.345. The van der Waals surface area contributed by atoms with E-state index in [4.69, 9.17) is 4.42 Å². The lowest BCUT2D eigenvalue weighted by atomic mass is 10.1. The van der Waals surface area contributed by atoms with Crippen molar-refractivity contribution in [3.63, 3.8) is 0 Å². The molecule has 2 aromatic carbocycles. The Hall–Kier alpha value is -2.80. The molecule has 1 unspecified atom stereocenters. The molecule has 1 atom stereocenters. The second-order valence-corrected chi connectivity index (χ2v) is 8.17. The van der Waals surface area contributed by atoms with Crippen LogP contribution in [0.2, 0.25) is 0 Å². The molecule has 1 aliphatic rings. The Kier molecular flexibility index (Phi) is 3.77. The molecule has 134 valence electrons. The Morgan fingerprint density at radius 1 is 1.15 bits per heavy atom. The first-order valence-electron chi connectivity index (χ1n) is 8.25. The number of carbonyl (C=O) groups is 1. The van der Waals surface area contributed by atoms with E-state index >= 15 is 0 Å². The van der Waals surface area contributed by atoms with Gasteiger partial charge in [-0.1, -0.05) is 24.3 Å². The number of amides is 1. The number of likely N-dealkylation sites (N-methyl/N-ethyl adjacent to an activating group) is 1. The first kappa shape index (κ1) is 16.7. The molecule has 0 saturated carbocycles. The van der Waals surface area contributed by atoms with Gasteiger partial charge in [-0.3, -0.25) is 9.10 Å². The largest absolute Gasteiger partial charge is 0.467 e. The summed E-state index contributed by atoms with van der Waals surface area (Å²) in [5.41, 5.74) is 0.547. The minimum absolute atomic E-state index is 0.250. The number of rotatable bonds is 4. The zero-order valence-corrected chi connectivity index (χ0v) is 15.2. The first-order valence-corrected chi connectivity index (χ1v) is 9.69. The zero-order chi connectivity index (χ0) is 18.5. The van der Waals surface area contributed by atoms with Crippen molar-refractivity contribution in [1.82, 2.24) is 4.90 Å². The van der Waals surface area contributed by atoms with Crippen molar-refractivity contribution < 1.29 is 17.6 Å². The van der Waals surface area contributed by atoms with Gasteiger partial charge in [0.2, 0.25) is 5.91 Å². The van der Waals surface area contributed by atoms with Crippen molar-refractivity contribution in [1.29, 1.82) is 0 Å². The van der Waals surface area contributed by atoms with E-state index in [0.29, 0.717) is 16.8 Å². The van der Waals surface area contributed by atoms with Gasteiger partial charge >= 0.3 is 0 Å². The first-order chi connectivity index (χ1) is 12.4. The molecular weight excluding hydrogens is 352 g/mol. The van der Waals surface area contributed by atoms with Gasteiger partial charge in [0.15, 0.2) is 0 Å². The van der Waals surface area contributed by atoms with Crippen molar-refractivity contribution in [3.8, 4) is 0 Å². The van der Waals surface area contributed by atoms with E-state index in [2.05, 4.69) is 0 Å². The maximum absolute atomic E-state index is 13.0. The van der Waals surface area contributed by atoms with Crippen LogP contribution in [0.15, 0.2) is 64.1 Å².